The van der Waals surface area contributed by atoms with Gasteiger partial charge in [-0.2, -0.15) is 0 Å². The smallest absolute Gasteiger partial charge is 0.0595 e. The van der Waals surface area contributed by atoms with Gasteiger partial charge in [0, 0.05) is 59.0 Å². The van der Waals surface area contributed by atoms with E-state index in [-0.39, 0.29) is 0 Å². The molecule has 0 saturated carbocycles. The molecule has 5 nitrogen and oxygen atoms in total. The van der Waals surface area contributed by atoms with Gasteiger partial charge in [0.25, 0.3) is 0 Å². The maximum absolute atomic E-state index is 5.44. The lowest BCUT2D eigenvalue weighted by molar-refractivity contribution is 0.0310. The first kappa shape index (κ1) is 26.8. The topological polar surface area (TPSA) is 22.2 Å². The predicted octanol–water partition coefficient (Wildman–Crippen LogP) is 3.50. The molecule has 3 rings (SSSR count). The Balaban J connectivity index is 0.000000321. The van der Waals surface area contributed by atoms with Crippen molar-refractivity contribution in [2.24, 2.45) is 5.92 Å². The Labute approximate surface area is 182 Å². The van der Waals surface area contributed by atoms with Crippen LogP contribution < -0.4 is 0 Å². The second-order valence-corrected chi connectivity index (χ2v) is 9.05. The van der Waals surface area contributed by atoms with Crippen LogP contribution in [-0.4, -0.2) is 111 Å². The summed E-state index contributed by atoms with van der Waals surface area (Å²) in [6, 6.07) is 0.725. The van der Waals surface area contributed by atoms with Crippen LogP contribution in [0.25, 0.3) is 0 Å². The van der Waals surface area contributed by atoms with Gasteiger partial charge < -0.3 is 24.3 Å². The lowest BCUT2D eigenvalue weighted by Crippen LogP contribution is -2.44. The summed E-state index contributed by atoms with van der Waals surface area (Å²) in [7, 11) is 4.04. The molecule has 0 amide bonds. The number of likely N-dealkylation sites (tertiary alicyclic amines) is 2. The average molecular weight is 413 g/mol. The standard InChI is InChI=1S/C15H30N2O.C7H16N2.C2H6/c1-13(2)17-10-4-14(5-11-17)12-16-8-6-15(18-3)7-9-16;1-3-9-6-4-8(2)5-7-9;1-2/h13-15H,4-12H2,1-3H3;3-7H2,1-2H3;1-2H3. The van der Waals surface area contributed by atoms with Crippen LogP contribution in [0, 0.1) is 5.92 Å². The number of likely N-dealkylation sites (N-methyl/N-ethyl adjacent to an activating group) is 2. The molecule has 0 radical (unpaired) electrons. The van der Waals surface area contributed by atoms with Crippen LogP contribution in [0.3, 0.4) is 0 Å². The Morgan fingerprint density at radius 1 is 0.793 bits per heavy atom. The van der Waals surface area contributed by atoms with Crippen molar-refractivity contribution < 1.29 is 4.74 Å². The highest BCUT2D eigenvalue weighted by molar-refractivity contribution is 4.79. The highest BCUT2D eigenvalue weighted by Crippen LogP contribution is 2.22. The summed E-state index contributed by atoms with van der Waals surface area (Å²) in [5, 5.41) is 0. The third-order valence-electron chi connectivity index (χ3n) is 6.81. The van der Waals surface area contributed by atoms with E-state index in [2.05, 4.69) is 47.4 Å². The zero-order valence-corrected chi connectivity index (χ0v) is 20.8. The van der Waals surface area contributed by atoms with Crippen LogP contribution in [0.1, 0.15) is 60.3 Å². The van der Waals surface area contributed by atoms with E-state index in [4.69, 9.17) is 4.74 Å². The predicted molar refractivity (Wildman–Crippen MR) is 127 cm³/mol. The summed E-state index contributed by atoms with van der Waals surface area (Å²) in [5.41, 5.74) is 0. The molecule has 0 aromatic carbocycles. The van der Waals surface area contributed by atoms with Crippen molar-refractivity contribution in [1.82, 2.24) is 19.6 Å². The Hall–Kier alpha value is -0.200. The van der Waals surface area contributed by atoms with Crippen molar-refractivity contribution in [3.8, 4) is 0 Å². The molecule has 29 heavy (non-hydrogen) atoms. The fraction of sp³-hybridized carbons (Fsp3) is 1.00. The molecule has 3 aliphatic heterocycles. The number of ether oxygens (including phenoxy) is 1. The summed E-state index contributed by atoms with van der Waals surface area (Å²) < 4.78 is 5.44. The number of hydrogen-bond acceptors (Lipinski definition) is 5. The van der Waals surface area contributed by atoms with Crippen LogP contribution in [0.5, 0.6) is 0 Å². The van der Waals surface area contributed by atoms with Gasteiger partial charge in [0.15, 0.2) is 0 Å². The van der Waals surface area contributed by atoms with E-state index in [1.54, 1.807) is 0 Å². The molecule has 0 bridgehead atoms. The van der Waals surface area contributed by atoms with Gasteiger partial charge in [0.1, 0.15) is 0 Å². The first-order chi connectivity index (χ1) is 14.0. The Morgan fingerprint density at radius 2 is 1.34 bits per heavy atom. The molecular weight excluding hydrogens is 360 g/mol. The molecule has 0 unspecified atom stereocenters. The Morgan fingerprint density at radius 3 is 1.79 bits per heavy atom. The second kappa shape index (κ2) is 15.6. The first-order valence-electron chi connectivity index (χ1n) is 12.4. The van der Waals surface area contributed by atoms with E-state index in [1.807, 2.05) is 21.0 Å². The van der Waals surface area contributed by atoms with Crippen LogP contribution in [0.2, 0.25) is 0 Å². The molecule has 3 saturated heterocycles. The maximum Gasteiger partial charge on any atom is 0.0595 e. The fourth-order valence-electron chi connectivity index (χ4n) is 4.51. The molecule has 5 heteroatoms. The number of methoxy groups -OCH3 is 1. The minimum Gasteiger partial charge on any atom is -0.381 e. The Kier molecular flexibility index (Phi) is 14.4. The number of piperidine rings is 2. The highest BCUT2D eigenvalue weighted by Gasteiger charge is 2.25. The maximum atomic E-state index is 5.44. The third-order valence-corrected chi connectivity index (χ3v) is 6.81. The lowest BCUT2D eigenvalue weighted by atomic mass is 9.94. The van der Waals surface area contributed by atoms with Crippen molar-refractivity contribution in [1.29, 1.82) is 0 Å². The number of piperazine rings is 1. The summed E-state index contributed by atoms with van der Waals surface area (Å²) in [4.78, 5) is 10.1. The van der Waals surface area contributed by atoms with Gasteiger partial charge in [-0.05, 0) is 72.1 Å². The quantitative estimate of drug-likeness (QED) is 0.687. The molecule has 174 valence electrons. The van der Waals surface area contributed by atoms with E-state index in [0.717, 1.165) is 12.0 Å². The summed E-state index contributed by atoms with van der Waals surface area (Å²) in [6.45, 7) is 23.5. The molecule has 0 aromatic rings. The largest absolute Gasteiger partial charge is 0.381 e. The monoisotopic (exact) mass is 412 g/mol. The van der Waals surface area contributed by atoms with E-state index < -0.39 is 0 Å². The van der Waals surface area contributed by atoms with Gasteiger partial charge in [0.2, 0.25) is 0 Å². The number of nitrogens with zero attached hydrogens (tertiary/aromatic N) is 4. The van der Waals surface area contributed by atoms with E-state index in [1.165, 1.54) is 91.1 Å². The summed E-state index contributed by atoms with van der Waals surface area (Å²) >= 11 is 0. The molecular formula is C24H52N4O. The molecule has 0 aromatic heterocycles. The molecule has 3 heterocycles. The van der Waals surface area contributed by atoms with Crippen molar-refractivity contribution in [3.05, 3.63) is 0 Å². The summed E-state index contributed by atoms with van der Waals surface area (Å²) in [5.74, 6) is 0.930. The van der Waals surface area contributed by atoms with Gasteiger partial charge in [-0.25, -0.2) is 0 Å². The van der Waals surface area contributed by atoms with Crippen molar-refractivity contribution in [3.63, 3.8) is 0 Å². The van der Waals surface area contributed by atoms with Crippen molar-refractivity contribution in [2.45, 2.75) is 72.4 Å². The SMILES string of the molecule is CC.CCN1CCN(C)CC1.COC1CCN(CC2CCN(C(C)C)CC2)CC1. The van der Waals surface area contributed by atoms with Crippen molar-refractivity contribution >= 4 is 0 Å². The van der Waals surface area contributed by atoms with E-state index in [0.29, 0.717) is 6.10 Å². The molecule has 0 atom stereocenters. The van der Waals surface area contributed by atoms with Gasteiger partial charge in [-0.1, -0.05) is 20.8 Å². The fourth-order valence-corrected chi connectivity index (χ4v) is 4.51. The van der Waals surface area contributed by atoms with Crippen LogP contribution >= 0.6 is 0 Å². The molecule has 0 aliphatic carbocycles. The zero-order valence-electron chi connectivity index (χ0n) is 20.8. The Bertz CT molecular complexity index is 369. The molecule has 0 spiro atoms. The minimum atomic E-state index is 0.518. The number of rotatable bonds is 5. The molecule has 0 N–H and O–H groups in total. The van der Waals surface area contributed by atoms with Gasteiger partial charge in [-0.3, -0.25) is 0 Å². The highest BCUT2D eigenvalue weighted by atomic mass is 16.5. The van der Waals surface area contributed by atoms with Crippen LogP contribution in [-0.2, 0) is 4.74 Å². The van der Waals surface area contributed by atoms with E-state index >= 15 is 0 Å². The molecule has 3 fully saturated rings. The van der Waals surface area contributed by atoms with Gasteiger partial charge in [-0.15, -0.1) is 0 Å². The normalized spacial score (nSPS) is 24.0. The number of hydrogen-bond donors (Lipinski definition) is 0. The lowest BCUT2D eigenvalue weighted by Gasteiger charge is -2.38. The van der Waals surface area contributed by atoms with Crippen LogP contribution in [0.15, 0.2) is 0 Å². The average Bonchev–Trinajstić information content (AvgIpc) is 2.77. The zero-order chi connectivity index (χ0) is 21.6. The second-order valence-electron chi connectivity index (χ2n) is 9.05. The third kappa shape index (κ3) is 10.6. The van der Waals surface area contributed by atoms with Gasteiger partial charge in [0.05, 0.1) is 6.10 Å². The van der Waals surface area contributed by atoms with Gasteiger partial charge >= 0.3 is 0 Å². The minimum absolute atomic E-state index is 0.518. The van der Waals surface area contributed by atoms with Crippen LogP contribution in [0.4, 0.5) is 0 Å². The molecule has 3 aliphatic rings. The van der Waals surface area contributed by atoms with E-state index in [9.17, 15) is 0 Å². The summed E-state index contributed by atoms with van der Waals surface area (Å²) in [6.07, 6.45) is 5.75. The van der Waals surface area contributed by atoms with Crippen molar-refractivity contribution in [2.75, 3.05) is 79.6 Å². The first-order valence-corrected chi connectivity index (χ1v) is 12.4.